The van der Waals surface area contributed by atoms with Crippen molar-refractivity contribution in [2.75, 3.05) is 13.2 Å². The van der Waals surface area contributed by atoms with Gasteiger partial charge < -0.3 is 9.47 Å². The maximum Gasteiger partial charge on any atom is 0.122 e. The summed E-state index contributed by atoms with van der Waals surface area (Å²) in [7, 11) is 0. The van der Waals surface area contributed by atoms with Crippen molar-refractivity contribution >= 4 is 0 Å². The van der Waals surface area contributed by atoms with E-state index in [2.05, 4.69) is 24.3 Å². The van der Waals surface area contributed by atoms with Gasteiger partial charge in [-0.1, -0.05) is 24.3 Å². The van der Waals surface area contributed by atoms with E-state index in [1.807, 2.05) is 24.3 Å². The largest absolute Gasteiger partial charge is 0.493 e. The highest BCUT2D eigenvalue weighted by molar-refractivity contribution is 5.39. The summed E-state index contributed by atoms with van der Waals surface area (Å²) < 4.78 is 11.2. The Morgan fingerprint density at radius 2 is 2.06 bits per heavy atom. The maximum absolute atomic E-state index is 5.68. The van der Waals surface area contributed by atoms with Gasteiger partial charge in [0, 0.05) is 12.8 Å². The van der Waals surface area contributed by atoms with Crippen LogP contribution in [0, 0.1) is 6.07 Å². The average Bonchev–Trinajstić information content (AvgIpc) is 2.87. The van der Waals surface area contributed by atoms with Crippen molar-refractivity contribution < 1.29 is 9.47 Å². The van der Waals surface area contributed by atoms with Crippen LogP contribution in [-0.4, -0.2) is 13.2 Å². The van der Waals surface area contributed by atoms with E-state index in [9.17, 15) is 0 Å². The normalized spacial score (nSPS) is 12.9. The molecule has 2 heteroatoms. The van der Waals surface area contributed by atoms with Crippen LogP contribution >= 0.6 is 0 Å². The number of hydrogen-bond acceptors (Lipinski definition) is 2. The van der Waals surface area contributed by atoms with Crippen molar-refractivity contribution in [2.45, 2.75) is 12.8 Å². The molecule has 1 radical (unpaired) electrons. The first-order valence-electron chi connectivity index (χ1n) is 6.25. The fourth-order valence-electron chi connectivity index (χ4n) is 2.15. The van der Waals surface area contributed by atoms with Gasteiger partial charge in [-0.3, -0.25) is 0 Å². The molecule has 0 amide bonds. The first kappa shape index (κ1) is 11.1. The summed E-state index contributed by atoms with van der Waals surface area (Å²) in [6.07, 6.45) is 1.95. The third-order valence-corrected chi connectivity index (χ3v) is 3.10. The summed E-state index contributed by atoms with van der Waals surface area (Å²) in [4.78, 5) is 0. The van der Waals surface area contributed by atoms with Crippen molar-refractivity contribution in [3.8, 4) is 11.5 Å². The fourth-order valence-corrected chi connectivity index (χ4v) is 2.15. The molecule has 2 aromatic carbocycles. The van der Waals surface area contributed by atoms with Gasteiger partial charge in [0.1, 0.15) is 11.5 Å². The molecule has 0 fully saturated rings. The van der Waals surface area contributed by atoms with E-state index in [1.165, 1.54) is 11.1 Å². The molecule has 1 aliphatic rings. The zero-order valence-electron chi connectivity index (χ0n) is 10.2. The Morgan fingerprint density at radius 3 is 2.94 bits per heavy atom. The monoisotopic (exact) mass is 239 g/mol. The lowest BCUT2D eigenvalue weighted by molar-refractivity contribution is 0.322. The Kier molecular flexibility index (Phi) is 3.18. The van der Waals surface area contributed by atoms with E-state index >= 15 is 0 Å². The molecule has 0 unspecified atom stereocenters. The Morgan fingerprint density at radius 1 is 1.17 bits per heavy atom. The molecular formula is C16H15O2. The second kappa shape index (κ2) is 5.13. The van der Waals surface area contributed by atoms with Crippen LogP contribution < -0.4 is 9.47 Å². The number of ether oxygens (including phenoxy) is 2. The van der Waals surface area contributed by atoms with Crippen LogP contribution in [0.2, 0.25) is 0 Å². The molecule has 0 aromatic heterocycles. The van der Waals surface area contributed by atoms with E-state index in [-0.39, 0.29) is 0 Å². The first-order valence-corrected chi connectivity index (χ1v) is 6.25. The molecule has 0 N–H and O–H groups in total. The van der Waals surface area contributed by atoms with Gasteiger partial charge in [-0.05, 0) is 35.4 Å². The van der Waals surface area contributed by atoms with Gasteiger partial charge in [-0.2, -0.15) is 0 Å². The maximum atomic E-state index is 5.68. The minimum atomic E-state index is 0.698. The lowest BCUT2D eigenvalue weighted by Gasteiger charge is -2.07. The zero-order chi connectivity index (χ0) is 12.2. The number of fused-ring (bicyclic) bond motifs is 1. The topological polar surface area (TPSA) is 18.5 Å². The standard InChI is InChI=1S/C16H15O2/c1-2-4-15(5-3-1)17-10-8-13-6-7-16-14(12-13)9-11-18-16/h2-7,12H,8-11H2. The molecule has 2 aromatic rings. The van der Waals surface area contributed by atoms with Gasteiger partial charge in [0.05, 0.1) is 13.2 Å². The highest BCUT2D eigenvalue weighted by Crippen LogP contribution is 2.26. The quantitative estimate of drug-likeness (QED) is 0.816. The van der Waals surface area contributed by atoms with E-state index in [0.29, 0.717) is 6.61 Å². The molecule has 1 heterocycles. The summed E-state index contributed by atoms with van der Waals surface area (Å²) in [5.74, 6) is 1.94. The van der Waals surface area contributed by atoms with Gasteiger partial charge in [-0.15, -0.1) is 0 Å². The second-order valence-electron chi connectivity index (χ2n) is 4.37. The van der Waals surface area contributed by atoms with E-state index < -0.39 is 0 Å². The molecule has 0 spiro atoms. The minimum absolute atomic E-state index is 0.698. The average molecular weight is 239 g/mol. The molecule has 2 nitrogen and oxygen atoms in total. The SMILES string of the molecule is [c]1ccc(OCCc2ccc3c(c2)CCO3)cc1. The predicted octanol–water partition coefficient (Wildman–Crippen LogP) is 3.04. The molecule has 0 bridgehead atoms. The highest BCUT2D eigenvalue weighted by atomic mass is 16.5. The van der Waals surface area contributed by atoms with Crippen LogP contribution in [0.15, 0.2) is 42.5 Å². The van der Waals surface area contributed by atoms with Crippen LogP contribution in [0.5, 0.6) is 11.5 Å². The number of hydrogen-bond donors (Lipinski definition) is 0. The highest BCUT2D eigenvalue weighted by Gasteiger charge is 2.11. The summed E-state index contributed by atoms with van der Waals surface area (Å²) in [6.45, 7) is 1.51. The molecule has 18 heavy (non-hydrogen) atoms. The minimum Gasteiger partial charge on any atom is -0.493 e. The van der Waals surface area contributed by atoms with E-state index in [4.69, 9.17) is 9.47 Å². The van der Waals surface area contributed by atoms with Crippen LogP contribution in [0.4, 0.5) is 0 Å². The molecule has 1 aliphatic heterocycles. The third-order valence-electron chi connectivity index (χ3n) is 3.10. The third kappa shape index (κ3) is 2.48. The lowest BCUT2D eigenvalue weighted by atomic mass is 10.1. The summed E-state index contributed by atoms with van der Waals surface area (Å²) in [5.41, 5.74) is 2.63. The Balaban J connectivity index is 1.57. The molecule has 0 saturated heterocycles. The second-order valence-corrected chi connectivity index (χ2v) is 4.37. The van der Waals surface area contributed by atoms with Crippen LogP contribution in [-0.2, 0) is 12.8 Å². The van der Waals surface area contributed by atoms with Gasteiger partial charge in [-0.25, -0.2) is 0 Å². The summed E-state index contributed by atoms with van der Waals surface area (Å²) >= 11 is 0. The van der Waals surface area contributed by atoms with E-state index in [0.717, 1.165) is 30.9 Å². The van der Waals surface area contributed by atoms with Crippen molar-refractivity contribution in [2.24, 2.45) is 0 Å². The lowest BCUT2D eigenvalue weighted by Crippen LogP contribution is -2.01. The van der Waals surface area contributed by atoms with Crippen LogP contribution in [0.25, 0.3) is 0 Å². The number of benzene rings is 2. The summed E-state index contributed by atoms with van der Waals surface area (Å²) in [6, 6.07) is 17.0. The van der Waals surface area contributed by atoms with Crippen molar-refractivity contribution in [3.05, 3.63) is 59.7 Å². The van der Waals surface area contributed by atoms with Crippen LogP contribution in [0.3, 0.4) is 0 Å². The Hall–Kier alpha value is -1.96. The van der Waals surface area contributed by atoms with Crippen molar-refractivity contribution in [3.63, 3.8) is 0 Å². The fraction of sp³-hybridized carbons (Fsp3) is 0.250. The molecule has 91 valence electrons. The summed E-state index contributed by atoms with van der Waals surface area (Å²) in [5, 5.41) is 0. The molecular weight excluding hydrogens is 224 g/mol. The molecule has 0 aliphatic carbocycles. The van der Waals surface area contributed by atoms with Gasteiger partial charge in [0.2, 0.25) is 0 Å². The van der Waals surface area contributed by atoms with E-state index in [1.54, 1.807) is 0 Å². The molecule has 0 saturated carbocycles. The van der Waals surface area contributed by atoms with Crippen molar-refractivity contribution in [1.82, 2.24) is 0 Å². The predicted molar refractivity (Wildman–Crippen MR) is 70.1 cm³/mol. The van der Waals surface area contributed by atoms with Gasteiger partial charge >= 0.3 is 0 Å². The number of rotatable bonds is 4. The van der Waals surface area contributed by atoms with Gasteiger partial charge in [0.15, 0.2) is 0 Å². The Bertz CT molecular complexity index is 520. The van der Waals surface area contributed by atoms with Gasteiger partial charge in [0.25, 0.3) is 0 Å². The van der Waals surface area contributed by atoms with Crippen molar-refractivity contribution in [1.29, 1.82) is 0 Å². The molecule has 3 rings (SSSR count). The zero-order valence-corrected chi connectivity index (χ0v) is 10.2. The smallest absolute Gasteiger partial charge is 0.122 e. The Labute approximate surface area is 107 Å². The van der Waals surface area contributed by atoms with Crippen LogP contribution in [0.1, 0.15) is 11.1 Å². The molecule has 0 atom stereocenters. The first-order chi connectivity index (χ1) is 8.92.